The molecule has 0 unspecified atom stereocenters. The van der Waals surface area contributed by atoms with Gasteiger partial charge in [0.05, 0.1) is 25.4 Å². The molecule has 0 bridgehead atoms. The van der Waals surface area contributed by atoms with Gasteiger partial charge < -0.3 is 4.74 Å². The van der Waals surface area contributed by atoms with E-state index in [0.29, 0.717) is 25.4 Å². The number of morpholine rings is 1. The van der Waals surface area contributed by atoms with Crippen LogP contribution in [0.1, 0.15) is 29.5 Å². The van der Waals surface area contributed by atoms with E-state index in [1.165, 1.54) is 5.56 Å². The van der Waals surface area contributed by atoms with Crippen molar-refractivity contribution in [3.63, 3.8) is 0 Å². The lowest BCUT2D eigenvalue weighted by atomic mass is 10.0. The molecule has 0 aromatic heterocycles. The van der Waals surface area contributed by atoms with Crippen molar-refractivity contribution in [1.82, 2.24) is 10.4 Å². The predicted molar refractivity (Wildman–Crippen MR) is 128 cm³/mol. The molecule has 0 spiro atoms. The van der Waals surface area contributed by atoms with Crippen LogP contribution in [0.4, 0.5) is 5.69 Å². The number of amides is 1. The molecule has 0 atom stereocenters. The number of nitrogens with zero attached hydrogens (tertiary/aromatic N) is 1. The first-order chi connectivity index (χ1) is 15.9. The van der Waals surface area contributed by atoms with Gasteiger partial charge in [0.15, 0.2) is 0 Å². The third-order valence-corrected chi connectivity index (χ3v) is 6.94. The monoisotopic (exact) mass is 475 g/mol. The lowest BCUT2D eigenvalue weighted by molar-refractivity contribution is -0.128. The van der Waals surface area contributed by atoms with Crippen molar-refractivity contribution < 1.29 is 23.2 Å². The Kier molecular flexibility index (Phi) is 9.68. The lowest BCUT2D eigenvalue weighted by Crippen LogP contribution is -2.39. The maximum absolute atomic E-state index is 12.5. The standard InChI is InChI=1S/C24H33N3O5S/c28-24(25-29)19-22-10-8-20(9-11-22)4-1-2-5-21-6-3-7-23(18-21)26-33(30,31)17-14-27-12-15-32-16-13-27/h3,6-11,18,26,29H,1-2,4-5,12-17,19H2,(H,25,28). The number of carbonyl (C=O) groups excluding carboxylic acids is 1. The van der Waals surface area contributed by atoms with Crippen molar-refractivity contribution in [3.8, 4) is 0 Å². The zero-order chi connectivity index (χ0) is 23.5. The zero-order valence-electron chi connectivity index (χ0n) is 18.8. The number of hydrogen-bond acceptors (Lipinski definition) is 6. The molecule has 1 heterocycles. The molecule has 1 fully saturated rings. The van der Waals surface area contributed by atoms with E-state index in [1.54, 1.807) is 11.5 Å². The van der Waals surface area contributed by atoms with Crippen molar-refractivity contribution in [2.45, 2.75) is 32.1 Å². The number of rotatable bonds is 12. The summed E-state index contributed by atoms with van der Waals surface area (Å²) in [6.07, 6.45) is 3.95. The van der Waals surface area contributed by atoms with Gasteiger partial charge in [0.2, 0.25) is 15.9 Å². The minimum absolute atomic E-state index is 0.0701. The number of ether oxygens (including phenoxy) is 1. The molecule has 2 aromatic carbocycles. The summed E-state index contributed by atoms with van der Waals surface area (Å²) >= 11 is 0. The molecule has 8 nitrogen and oxygen atoms in total. The van der Waals surface area contributed by atoms with E-state index in [9.17, 15) is 13.2 Å². The molecule has 33 heavy (non-hydrogen) atoms. The fourth-order valence-electron chi connectivity index (χ4n) is 3.80. The number of carbonyl (C=O) groups is 1. The smallest absolute Gasteiger partial charge is 0.247 e. The molecule has 0 saturated carbocycles. The number of hydrogen-bond donors (Lipinski definition) is 3. The van der Waals surface area contributed by atoms with E-state index in [1.807, 2.05) is 42.5 Å². The Morgan fingerprint density at radius 1 is 0.970 bits per heavy atom. The van der Waals surface area contributed by atoms with Gasteiger partial charge in [-0.25, -0.2) is 13.9 Å². The van der Waals surface area contributed by atoms with Gasteiger partial charge in [0.25, 0.3) is 0 Å². The third-order valence-electron chi connectivity index (χ3n) is 5.67. The van der Waals surface area contributed by atoms with Gasteiger partial charge in [0.1, 0.15) is 0 Å². The first-order valence-electron chi connectivity index (χ1n) is 11.3. The molecule has 180 valence electrons. The fraction of sp³-hybridized carbons (Fsp3) is 0.458. The molecule has 0 aliphatic carbocycles. The van der Waals surface area contributed by atoms with Crippen LogP contribution in [0.15, 0.2) is 48.5 Å². The molecule has 1 aliphatic heterocycles. The van der Waals surface area contributed by atoms with Crippen molar-refractivity contribution in [1.29, 1.82) is 0 Å². The highest BCUT2D eigenvalue weighted by Crippen LogP contribution is 2.16. The second-order valence-electron chi connectivity index (χ2n) is 8.31. The second kappa shape index (κ2) is 12.7. The van der Waals surface area contributed by atoms with Crippen molar-refractivity contribution >= 4 is 21.6 Å². The maximum Gasteiger partial charge on any atom is 0.247 e. The molecule has 1 saturated heterocycles. The van der Waals surface area contributed by atoms with Crippen LogP contribution in [0.2, 0.25) is 0 Å². The van der Waals surface area contributed by atoms with Gasteiger partial charge in [0, 0.05) is 25.3 Å². The van der Waals surface area contributed by atoms with Gasteiger partial charge >= 0.3 is 0 Å². The van der Waals surface area contributed by atoms with Crippen molar-refractivity contribution in [2.75, 3.05) is 43.3 Å². The molecule has 9 heteroatoms. The molecule has 2 aromatic rings. The number of benzene rings is 2. The number of aryl methyl sites for hydroxylation is 2. The summed E-state index contributed by atoms with van der Waals surface area (Å²) in [5.41, 5.74) is 5.41. The van der Waals surface area contributed by atoms with E-state index in [4.69, 9.17) is 9.94 Å². The molecule has 1 aliphatic rings. The summed E-state index contributed by atoms with van der Waals surface area (Å²) in [7, 11) is -3.40. The number of hydroxylamine groups is 1. The number of sulfonamides is 1. The lowest BCUT2D eigenvalue weighted by Gasteiger charge is -2.26. The van der Waals surface area contributed by atoms with Gasteiger partial charge in [-0.2, -0.15) is 0 Å². The first kappa shape index (κ1) is 25.2. The number of anilines is 1. The van der Waals surface area contributed by atoms with Gasteiger partial charge in [-0.05, 0) is 54.5 Å². The maximum atomic E-state index is 12.5. The molecular formula is C24H33N3O5S. The highest BCUT2D eigenvalue weighted by Gasteiger charge is 2.16. The molecule has 3 N–H and O–H groups in total. The number of unbranched alkanes of at least 4 members (excludes halogenated alkanes) is 1. The van der Waals surface area contributed by atoms with Gasteiger partial charge in [-0.15, -0.1) is 0 Å². The second-order valence-corrected chi connectivity index (χ2v) is 10.2. The van der Waals surface area contributed by atoms with E-state index in [2.05, 4.69) is 9.62 Å². The minimum Gasteiger partial charge on any atom is -0.379 e. The third kappa shape index (κ3) is 9.13. The van der Waals surface area contributed by atoms with Crippen LogP contribution in [0.3, 0.4) is 0 Å². The Bertz CT molecular complexity index is 989. The average molecular weight is 476 g/mol. The summed E-state index contributed by atoms with van der Waals surface area (Å²) in [6.45, 7) is 3.37. The van der Waals surface area contributed by atoms with Crippen LogP contribution in [0.5, 0.6) is 0 Å². The van der Waals surface area contributed by atoms with Gasteiger partial charge in [-0.3, -0.25) is 19.6 Å². The van der Waals surface area contributed by atoms with E-state index < -0.39 is 15.9 Å². The fourth-order valence-corrected chi connectivity index (χ4v) is 4.89. The Morgan fingerprint density at radius 2 is 1.64 bits per heavy atom. The van der Waals surface area contributed by atoms with Crippen LogP contribution in [0.25, 0.3) is 0 Å². The Hall–Kier alpha value is -2.46. The molecule has 1 amide bonds. The minimum atomic E-state index is -3.40. The summed E-state index contributed by atoms with van der Waals surface area (Å²) in [5.74, 6) is -0.356. The zero-order valence-corrected chi connectivity index (χ0v) is 19.6. The van der Waals surface area contributed by atoms with Crippen LogP contribution in [0, 0.1) is 0 Å². The average Bonchev–Trinajstić information content (AvgIpc) is 2.82. The van der Waals surface area contributed by atoms with Crippen LogP contribution >= 0.6 is 0 Å². The largest absolute Gasteiger partial charge is 0.379 e. The molecule has 3 rings (SSSR count). The Balaban J connectivity index is 1.41. The predicted octanol–water partition coefficient (Wildman–Crippen LogP) is 2.37. The highest BCUT2D eigenvalue weighted by atomic mass is 32.2. The summed E-state index contributed by atoms with van der Waals surface area (Å²) in [4.78, 5) is 13.3. The molecular weight excluding hydrogens is 442 g/mol. The Morgan fingerprint density at radius 3 is 2.33 bits per heavy atom. The highest BCUT2D eigenvalue weighted by molar-refractivity contribution is 7.92. The van der Waals surface area contributed by atoms with Crippen LogP contribution in [-0.2, 0) is 38.8 Å². The van der Waals surface area contributed by atoms with E-state index in [0.717, 1.165) is 49.9 Å². The van der Waals surface area contributed by atoms with E-state index in [-0.39, 0.29) is 12.2 Å². The molecule has 0 radical (unpaired) electrons. The van der Waals surface area contributed by atoms with E-state index >= 15 is 0 Å². The summed E-state index contributed by atoms with van der Waals surface area (Å²) in [5, 5.41) is 8.60. The van der Waals surface area contributed by atoms with Crippen molar-refractivity contribution in [2.24, 2.45) is 0 Å². The SMILES string of the molecule is O=C(Cc1ccc(CCCCc2cccc(NS(=O)(=O)CCN3CCOCC3)c2)cc1)NO. The van der Waals surface area contributed by atoms with Gasteiger partial charge in [-0.1, -0.05) is 36.4 Å². The summed E-state index contributed by atoms with van der Waals surface area (Å²) in [6, 6.07) is 15.4. The topological polar surface area (TPSA) is 108 Å². The van der Waals surface area contributed by atoms with Crippen LogP contribution in [-0.4, -0.2) is 63.0 Å². The van der Waals surface area contributed by atoms with Crippen LogP contribution < -0.4 is 10.2 Å². The normalized spacial score (nSPS) is 14.7. The summed E-state index contributed by atoms with van der Waals surface area (Å²) < 4.78 is 32.9. The number of nitrogens with one attached hydrogen (secondary N) is 2. The quantitative estimate of drug-likeness (QED) is 0.247. The Labute approximate surface area is 196 Å². The first-order valence-corrected chi connectivity index (χ1v) is 13.0. The van der Waals surface area contributed by atoms with Crippen molar-refractivity contribution in [3.05, 3.63) is 65.2 Å².